The molecular formula is C17H25N5O4. The molecule has 0 bridgehead atoms. The van der Waals surface area contributed by atoms with Crippen molar-refractivity contribution in [3.8, 4) is 0 Å². The summed E-state index contributed by atoms with van der Waals surface area (Å²) < 4.78 is 0. The van der Waals surface area contributed by atoms with Crippen molar-refractivity contribution in [3.63, 3.8) is 0 Å². The molecule has 2 rings (SSSR count). The van der Waals surface area contributed by atoms with Gasteiger partial charge >= 0.3 is 0 Å². The Bertz CT molecular complexity index is 728. The summed E-state index contributed by atoms with van der Waals surface area (Å²) in [4.78, 5) is 52.5. The highest BCUT2D eigenvalue weighted by molar-refractivity contribution is 5.92. The molecule has 0 aliphatic carbocycles. The van der Waals surface area contributed by atoms with Crippen LogP contribution in [0.4, 0.5) is 0 Å². The van der Waals surface area contributed by atoms with E-state index in [-0.39, 0.29) is 29.0 Å². The van der Waals surface area contributed by atoms with E-state index in [9.17, 15) is 19.2 Å². The molecule has 4 N–H and O–H groups in total. The van der Waals surface area contributed by atoms with Crippen molar-refractivity contribution in [3.05, 3.63) is 28.4 Å². The third-order valence-electron chi connectivity index (χ3n) is 4.21. The molecule has 0 saturated carbocycles. The van der Waals surface area contributed by atoms with Crippen molar-refractivity contribution in [2.75, 3.05) is 13.1 Å². The minimum absolute atomic E-state index is 0.0437. The maximum atomic E-state index is 12.0. The fraction of sp³-hybridized carbons (Fsp3) is 0.588. The summed E-state index contributed by atoms with van der Waals surface area (Å²) in [5.74, 6) is -0.475. The van der Waals surface area contributed by atoms with Gasteiger partial charge in [-0.15, -0.1) is 0 Å². The molecule has 1 atom stereocenters. The average molecular weight is 363 g/mol. The van der Waals surface area contributed by atoms with Gasteiger partial charge in [-0.1, -0.05) is 13.8 Å². The van der Waals surface area contributed by atoms with Crippen LogP contribution in [0.15, 0.2) is 17.2 Å². The summed E-state index contributed by atoms with van der Waals surface area (Å²) in [6.07, 6.45) is 3.46. The lowest BCUT2D eigenvalue weighted by Gasteiger charge is -2.25. The van der Waals surface area contributed by atoms with Gasteiger partial charge in [-0.05, 0) is 18.3 Å². The van der Waals surface area contributed by atoms with Gasteiger partial charge in [0.25, 0.3) is 11.5 Å². The van der Waals surface area contributed by atoms with Crippen molar-refractivity contribution in [1.82, 2.24) is 25.9 Å². The summed E-state index contributed by atoms with van der Waals surface area (Å²) >= 11 is 0. The second-order valence-electron chi connectivity index (χ2n) is 7.26. The van der Waals surface area contributed by atoms with Gasteiger partial charge in [0.2, 0.25) is 11.8 Å². The maximum absolute atomic E-state index is 12.0. The Labute approximate surface area is 151 Å². The second-order valence-corrected chi connectivity index (χ2v) is 7.26. The fourth-order valence-electron chi connectivity index (χ4n) is 2.59. The SMILES string of the molecule is CC(C)(CNC(=O)CCC1CCC(=O)N1)CNC(=O)c1cc(=O)[nH]cn1. The number of aromatic nitrogens is 2. The molecule has 2 heterocycles. The molecule has 0 spiro atoms. The van der Waals surface area contributed by atoms with Gasteiger partial charge in [0.05, 0.1) is 6.33 Å². The summed E-state index contributed by atoms with van der Waals surface area (Å²) in [5, 5.41) is 8.41. The third-order valence-corrected chi connectivity index (χ3v) is 4.21. The first-order chi connectivity index (χ1) is 12.2. The molecule has 9 nitrogen and oxygen atoms in total. The highest BCUT2D eigenvalue weighted by atomic mass is 16.2. The Morgan fingerprint density at radius 3 is 2.65 bits per heavy atom. The molecule has 1 aromatic heterocycles. The Kier molecular flexibility index (Phi) is 6.48. The number of amides is 3. The second kappa shape index (κ2) is 8.59. The quantitative estimate of drug-likeness (QED) is 0.503. The predicted molar refractivity (Wildman–Crippen MR) is 94.4 cm³/mol. The molecule has 26 heavy (non-hydrogen) atoms. The highest BCUT2D eigenvalue weighted by Crippen LogP contribution is 2.14. The van der Waals surface area contributed by atoms with E-state index in [2.05, 4.69) is 25.9 Å². The predicted octanol–water partition coefficient (Wildman–Crippen LogP) is -0.299. The van der Waals surface area contributed by atoms with Crippen molar-refractivity contribution in [2.24, 2.45) is 5.41 Å². The molecule has 0 aromatic carbocycles. The molecule has 1 fully saturated rings. The van der Waals surface area contributed by atoms with E-state index in [4.69, 9.17) is 0 Å². The Morgan fingerprint density at radius 1 is 1.27 bits per heavy atom. The van der Waals surface area contributed by atoms with Crippen LogP contribution in [-0.2, 0) is 9.59 Å². The van der Waals surface area contributed by atoms with Gasteiger partial charge in [0.1, 0.15) is 5.69 Å². The van der Waals surface area contributed by atoms with Crippen molar-refractivity contribution < 1.29 is 14.4 Å². The number of H-pyrrole nitrogens is 1. The number of carbonyl (C=O) groups is 3. The molecule has 1 saturated heterocycles. The number of hydrogen-bond donors (Lipinski definition) is 4. The molecule has 1 aromatic rings. The first kappa shape index (κ1) is 19.6. The zero-order chi connectivity index (χ0) is 19.2. The van der Waals surface area contributed by atoms with E-state index in [1.807, 2.05) is 13.8 Å². The van der Waals surface area contributed by atoms with E-state index in [0.29, 0.717) is 32.4 Å². The van der Waals surface area contributed by atoms with E-state index in [1.54, 1.807) is 0 Å². The van der Waals surface area contributed by atoms with Gasteiger partial charge in [-0.2, -0.15) is 0 Å². The van der Waals surface area contributed by atoms with Gasteiger partial charge in [0, 0.05) is 38.0 Å². The lowest BCUT2D eigenvalue weighted by atomic mass is 9.93. The van der Waals surface area contributed by atoms with Crippen LogP contribution in [0.3, 0.4) is 0 Å². The van der Waals surface area contributed by atoms with Gasteiger partial charge < -0.3 is 20.9 Å². The molecule has 0 radical (unpaired) electrons. The first-order valence-electron chi connectivity index (χ1n) is 8.64. The van der Waals surface area contributed by atoms with Crippen molar-refractivity contribution >= 4 is 17.7 Å². The molecule has 1 aliphatic heterocycles. The lowest BCUT2D eigenvalue weighted by Crippen LogP contribution is -2.42. The van der Waals surface area contributed by atoms with Crippen LogP contribution in [-0.4, -0.2) is 46.8 Å². The summed E-state index contributed by atoms with van der Waals surface area (Å²) in [5.41, 5.74) is -0.712. The van der Waals surface area contributed by atoms with Crippen LogP contribution in [0.5, 0.6) is 0 Å². The standard InChI is InChI=1S/C17H25N5O4/c1-17(2,9-19-16(26)12-7-15(25)21-10-20-12)8-18-13(23)5-3-11-4-6-14(24)22-11/h7,10-11H,3-6,8-9H2,1-2H3,(H,18,23)(H,19,26)(H,22,24)(H,20,21,25). The molecule has 9 heteroatoms. The first-order valence-corrected chi connectivity index (χ1v) is 8.64. The molecular weight excluding hydrogens is 338 g/mol. The van der Waals surface area contributed by atoms with Crippen LogP contribution in [0, 0.1) is 5.41 Å². The van der Waals surface area contributed by atoms with E-state index in [1.165, 1.54) is 6.33 Å². The minimum Gasteiger partial charge on any atom is -0.355 e. The highest BCUT2D eigenvalue weighted by Gasteiger charge is 2.23. The van der Waals surface area contributed by atoms with E-state index in [0.717, 1.165) is 12.5 Å². The van der Waals surface area contributed by atoms with E-state index >= 15 is 0 Å². The Hall–Kier alpha value is -2.71. The number of hydrogen-bond acceptors (Lipinski definition) is 5. The summed E-state index contributed by atoms with van der Waals surface area (Å²) in [6, 6.07) is 1.22. The zero-order valence-corrected chi connectivity index (χ0v) is 15.1. The van der Waals surface area contributed by atoms with Gasteiger partial charge in [-0.25, -0.2) is 4.98 Å². The zero-order valence-electron chi connectivity index (χ0n) is 15.1. The van der Waals surface area contributed by atoms with Crippen LogP contribution >= 0.6 is 0 Å². The number of nitrogens with zero attached hydrogens (tertiary/aromatic N) is 1. The Balaban J connectivity index is 1.70. The Morgan fingerprint density at radius 2 is 2.00 bits per heavy atom. The van der Waals surface area contributed by atoms with Gasteiger partial charge in [0.15, 0.2) is 0 Å². The lowest BCUT2D eigenvalue weighted by molar-refractivity contribution is -0.122. The topological polar surface area (TPSA) is 133 Å². The minimum atomic E-state index is -0.438. The van der Waals surface area contributed by atoms with Crippen LogP contribution < -0.4 is 21.5 Å². The number of rotatable bonds is 8. The fourth-order valence-corrected chi connectivity index (χ4v) is 2.59. The van der Waals surface area contributed by atoms with Crippen LogP contribution in [0.1, 0.15) is 50.0 Å². The van der Waals surface area contributed by atoms with Crippen molar-refractivity contribution in [2.45, 2.75) is 45.6 Å². The van der Waals surface area contributed by atoms with Crippen LogP contribution in [0.2, 0.25) is 0 Å². The van der Waals surface area contributed by atoms with Crippen LogP contribution in [0.25, 0.3) is 0 Å². The average Bonchev–Trinajstić information content (AvgIpc) is 3.01. The summed E-state index contributed by atoms with van der Waals surface area (Å²) in [6.45, 7) is 4.54. The monoisotopic (exact) mass is 363 g/mol. The number of aromatic amines is 1. The third kappa shape index (κ3) is 6.30. The van der Waals surface area contributed by atoms with Gasteiger partial charge in [-0.3, -0.25) is 19.2 Å². The van der Waals surface area contributed by atoms with Crippen molar-refractivity contribution in [1.29, 1.82) is 0 Å². The smallest absolute Gasteiger partial charge is 0.270 e. The van der Waals surface area contributed by atoms with E-state index < -0.39 is 11.5 Å². The largest absolute Gasteiger partial charge is 0.355 e. The maximum Gasteiger partial charge on any atom is 0.270 e. The molecule has 142 valence electrons. The summed E-state index contributed by atoms with van der Waals surface area (Å²) in [7, 11) is 0. The normalized spacial score (nSPS) is 16.8. The number of carbonyl (C=O) groups excluding carboxylic acids is 3. The number of nitrogens with one attached hydrogen (secondary N) is 4. The molecule has 1 unspecified atom stereocenters. The molecule has 3 amide bonds. The molecule has 1 aliphatic rings.